The molecule has 0 aliphatic carbocycles. The van der Waals surface area contributed by atoms with Crippen molar-refractivity contribution < 1.29 is 4.79 Å². The van der Waals surface area contributed by atoms with E-state index < -0.39 is 5.54 Å². The molecule has 1 amide bonds. The fourth-order valence-corrected chi connectivity index (χ4v) is 2.92. The summed E-state index contributed by atoms with van der Waals surface area (Å²) in [6, 6.07) is 6.71. The van der Waals surface area contributed by atoms with Crippen molar-refractivity contribution in [3.63, 3.8) is 0 Å². The molecule has 4 nitrogen and oxygen atoms in total. The third-order valence-electron chi connectivity index (χ3n) is 3.89. The Morgan fingerprint density at radius 2 is 2.14 bits per heavy atom. The molecule has 1 aromatic carbocycles. The molecule has 1 fully saturated rings. The molecule has 21 heavy (non-hydrogen) atoms. The summed E-state index contributed by atoms with van der Waals surface area (Å²) in [5.41, 5.74) is 1.80. The Hall–Kier alpha value is -1.07. The van der Waals surface area contributed by atoms with Gasteiger partial charge in [-0.15, -0.1) is 0 Å². The highest BCUT2D eigenvalue weighted by Crippen LogP contribution is 2.31. The van der Waals surface area contributed by atoms with Crippen LogP contribution in [0, 0.1) is 0 Å². The van der Waals surface area contributed by atoms with Gasteiger partial charge in [0.25, 0.3) is 0 Å². The Labute approximate surface area is 135 Å². The molecule has 1 aliphatic heterocycles. The van der Waals surface area contributed by atoms with Crippen LogP contribution in [0.25, 0.3) is 0 Å². The highest BCUT2D eigenvalue weighted by molar-refractivity contribution is 9.10. The molecule has 0 bridgehead atoms. The number of amides is 1. The molecule has 0 spiro atoms. The maximum absolute atomic E-state index is 12.2. The standard InChI is InChI=1S/C16H24BrN3O/c1-11(2)19-10-12-5-6-13(17)9-14(12)20-8-7-18-15(21)16(20,3)4/h5-6,9,11,19H,7-8,10H2,1-4H3,(H,18,21). The van der Waals surface area contributed by atoms with Crippen LogP contribution < -0.4 is 15.5 Å². The highest BCUT2D eigenvalue weighted by atomic mass is 79.9. The van der Waals surface area contributed by atoms with Crippen LogP contribution in [0.1, 0.15) is 33.3 Å². The van der Waals surface area contributed by atoms with E-state index in [9.17, 15) is 4.79 Å². The molecular formula is C16H24BrN3O. The minimum Gasteiger partial charge on any atom is -0.355 e. The summed E-state index contributed by atoms with van der Waals surface area (Å²) in [6.07, 6.45) is 0. The summed E-state index contributed by atoms with van der Waals surface area (Å²) in [6.45, 7) is 10.5. The van der Waals surface area contributed by atoms with Crippen molar-refractivity contribution in [1.29, 1.82) is 0 Å². The summed E-state index contributed by atoms with van der Waals surface area (Å²) < 4.78 is 1.03. The molecule has 5 heteroatoms. The van der Waals surface area contributed by atoms with Crippen molar-refractivity contribution >= 4 is 27.5 Å². The monoisotopic (exact) mass is 353 g/mol. The molecule has 2 rings (SSSR count). The minimum atomic E-state index is -0.536. The number of hydrogen-bond donors (Lipinski definition) is 2. The zero-order chi connectivity index (χ0) is 15.6. The van der Waals surface area contributed by atoms with Crippen molar-refractivity contribution in [3.8, 4) is 0 Å². The van der Waals surface area contributed by atoms with Gasteiger partial charge in [0.2, 0.25) is 5.91 Å². The first-order valence-corrected chi connectivity index (χ1v) is 8.19. The molecule has 1 aromatic rings. The lowest BCUT2D eigenvalue weighted by molar-refractivity contribution is -0.126. The first-order chi connectivity index (χ1) is 9.82. The number of anilines is 1. The van der Waals surface area contributed by atoms with E-state index in [-0.39, 0.29) is 5.91 Å². The summed E-state index contributed by atoms with van der Waals surface area (Å²) in [4.78, 5) is 14.4. The second-order valence-corrected chi connectivity index (χ2v) is 7.19. The van der Waals surface area contributed by atoms with E-state index in [0.717, 1.165) is 23.2 Å². The number of piperazine rings is 1. The largest absolute Gasteiger partial charge is 0.355 e. The van der Waals surface area contributed by atoms with Gasteiger partial charge in [-0.2, -0.15) is 0 Å². The molecule has 116 valence electrons. The zero-order valence-electron chi connectivity index (χ0n) is 13.2. The smallest absolute Gasteiger partial charge is 0.245 e. The molecule has 1 aliphatic rings. The molecule has 2 N–H and O–H groups in total. The van der Waals surface area contributed by atoms with Gasteiger partial charge in [-0.1, -0.05) is 35.8 Å². The fraction of sp³-hybridized carbons (Fsp3) is 0.562. The predicted molar refractivity (Wildman–Crippen MR) is 90.6 cm³/mol. The van der Waals surface area contributed by atoms with E-state index in [2.05, 4.69) is 63.5 Å². The normalized spacial score (nSPS) is 18.0. The van der Waals surface area contributed by atoms with Crippen LogP contribution in [0.4, 0.5) is 5.69 Å². The Kier molecular flexibility index (Phi) is 4.94. The van der Waals surface area contributed by atoms with Gasteiger partial charge in [-0.3, -0.25) is 4.79 Å². The number of halogens is 1. The van der Waals surface area contributed by atoms with E-state index in [4.69, 9.17) is 0 Å². The van der Waals surface area contributed by atoms with E-state index >= 15 is 0 Å². The third-order valence-corrected chi connectivity index (χ3v) is 4.38. The number of carbonyl (C=O) groups excluding carboxylic acids is 1. The van der Waals surface area contributed by atoms with E-state index in [1.54, 1.807) is 0 Å². The van der Waals surface area contributed by atoms with Crippen LogP contribution in [-0.4, -0.2) is 30.6 Å². The molecule has 0 atom stereocenters. The second kappa shape index (κ2) is 6.36. The molecule has 0 unspecified atom stereocenters. The molecule has 1 saturated heterocycles. The van der Waals surface area contributed by atoms with Crippen molar-refractivity contribution in [3.05, 3.63) is 28.2 Å². The van der Waals surface area contributed by atoms with Crippen LogP contribution in [-0.2, 0) is 11.3 Å². The lowest BCUT2D eigenvalue weighted by Gasteiger charge is -2.43. The van der Waals surface area contributed by atoms with Gasteiger partial charge in [0.1, 0.15) is 5.54 Å². The third kappa shape index (κ3) is 3.58. The summed E-state index contributed by atoms with van der Waals surface area (Å²) in [5.74, 6) is 0.0801. The summed E-state index contributed by atoms with van der Waals surface area (Å²) >= 11 is 3.55. The number of nitrogens with one attached hydrogen (secondary N) is 2. The van der Waals surface area contributed by atoms with Gasteiger partial charge >= 0.3 is 0 Å². The lowest BCUT2D eigenvalue weighted by atomic mass is 9.96. The summed E-state index contributed by atoms with van der Waals surface area (Å²) in [7, 11) is 0. The fourth-order valence-electron chi connectivity index (χ4n) is 2.57. The average molecular weight is 354 g/mol. The summed E-state index contributed by atoms with van der Waals surface area (Å²) in [5, 5.41) is 6.41. The number of benzene rings is 1. The van der Waals surface area contributed by atoms with Crippen molar-refractivity contribution in [1.82, 2.24) is 10.6 Å². The molecule has 0 saturated carbocycles. The van der Waals surface area contributed by atoms with Crippen LogP contribution in [0.15, 0.2) is 22.7 Å². The van der Waals surface area contributed by atoms with Gasteiger partial charge in [0.05, 0.1) is 0 Å². The molecule has 0 radical (unpaired) electrons. The molecule has 1 heterocycles. The Morgan fingerprint density at radius 3 is 2.81 bits per heavy atom. The van der Waals surface area contributed by atoms with Crippen molar-refractivity contribution in [2.24, 2.45) is 0 Å². The predicted octanol–water partition coefficient (Wildman–Crippen LogP) is 2.66. The quantitative estimate of drug-likeness (QED) is 0.874. The molecular weight excluding hydrogens is 330 g/mol. The van der Waals surface area contributed by atoms with Gasteiger partial charge in [-0.05, 0) is 31.5 Å². The number of nitrogens with zero attached hydrogens (tertiary/aromatic N) is 1. The van der Waals surface area contributed by atoms with E-state index in [0.29, 0.717) is 12.6 Å². The van der Waals surface area contributed by atoms with Gasteiger partial charge in [-0.25, -0.2) is 0 Å². The van der Waals surface area contributed by atoms with Crippen molar-refractivity contribution in [2.45, 2.75) is 45.8 Å². The number of hydrogen-bond acceptors (Lipinski definition) is 3. The number of rotatable bonds is 4. The Bertz CT molecular complexity index is 528. The lowest BCUT2D eigenvalue weighted by Crippen LogP contribution is -2.62. The Morgan fingerprint density at radius 1 is 1.43 bits per heavy atom. The van der Waals surface area contributed by atoms with E-state index in [1.165, 1.54) is 5.56 Å². The average Bonchev–Trinajstić information content (AvgIpc) is 2.40. The number of carbonyl (C=O) groups is 1. The van der Waals surface area contributed by atoms with Crippen LogP contribution in [0.2, 0.25) is 0 Å². The van der Waals surface area contributed by atoms with E-state index in [1.807, 2.05) is 13.8 Å². The first kappa shape index (κ1) is 16.3. The van der Waals surface area contributed by atoms with Crippen LogP contribution in [0.3, 0.4) is 0 Å². The maximum Gasteiger partial charge on any atom is 0.245 e. The molecule has 0 aromatic heterocycles. The van der Waals surface area contributed by atoms with Gasteiger partial charge < -0.3 is 15.5 Å². The van der Waals surface area contributed by atoms with Gasteiger partial charge in [0.15, 0.2) is 0 Å². The van der Waals surface area contributed by atoms with Gasteiger partial charge in [0, 0.05) is 35.8 Å². The minimum absolute atomic E-state index is 0.0801. The highest BCUT2D eigenvalue weighted by Gasteiger charge is 2.38. The maximum atomic E-state index is 12.2. The second-order valence-electron chi connectivity index (χ2n) is 6.28. The zero-order valence-corrected chi connectivity index (χ0v) is 14.8. The van der Waals surface area contributed by atoms with Crippen LogP contribution in [0.5, 0.6) is 0 Å². The topological polar surface area (TPSA) is 44.4 Å². The SMILES string of the molecule is CC(C)NCc1ccc(Br)cc1N1CCNC(=O)C1(C)C. The first-order valence-electron chi connectivity index (χ1n) is 7.40. The van der Waals surface area contributed by atoms with Crippen LogP contribution >= 0.6 is 15.9 Å². The van der Waals surface area contributed by atoms with Crippen molar-refractivity contribution in [2.75, 3.05) is 18.0 Å². The Balaban J connectivity index is 2.36.